The van der Waals surface area contributed by atoms with E-state index in [-0.39, 0.29) is 17.6 Å². The Kier molecular flexibility index (Phi) is 10.8. The number of aryl methyl sites for hydroxylation is 1. The van der Waals surface area contributed by atoms with Crippen LogP contribution in [0.5, 0.6) is 0 Å². The van der Waals surface area contributed by atoms with Crippen molar-refractivity contribution in [1.82, 2.24) is 4.90 Å². The summed E-state index contributed by atoms with van der Waals surface area (Å²) >= 11 is 0. The topological polar surface area (TPSA) is 89.4 Å². The quantitative estimate of drug-likeness (QED) is 0.529. The van der Waals surface area contributed by atoms with Crippen molar-refractivity contribution in [3.05, 3.63) is 35.4 Å². The number of hydrogen-bond donors (Lipinski definition) is 2. The molecule has 5 nitrogen and oxygen atoms in total. The number of hydrogen-bond acceptors (Lipinski definition) is 4. The highest BCUT2D eigenvalue weighted by Gasteiger charge is 2.18. The van der Waals surface area contributed by atoms with Crippen LogP contribution in [0.1, 0.15) is 57.1 Å². The fourth-order valence-corrected chi connectivity index (χ4v) is 2.97. The predicted octanol–water partition coefficient (Wildman–Crippen LogP) is 2.65. The molecule has 1 unspecified atom stereocenters. The Bertz CT molecular complexity index is 543. The van der Waals surface area contributed by atoms with Gasteiger partial charge in [-0.3, -0.25) is 9.59 Å². The third kappa shape index (κ3) is 8.59. The zero-order chi connectivity index (χ0) is 19.4. The molecule has 0 saturated carbocycles. The third-order valence-electron chi connectivity index (χ3n) is 4.79. The molecule has 1 aromatic carbocycles. The fraction of sp³-hybridized carbons (Fsp3) is 0.619. The first-order valence-corrected chi connectivity index (χ1v) is 9.74. The Morgan fingerprint density at radius 1 is 1.00 bits per heavy atom. The van der Waals surface area contributed by atoms with Gasteiger partial charge in [-0.2, -0.15) is 0 Å². The van der Waals surface area contributed by atoms with Crippen molar-refractivity contribution in [2.45, 2.75) is 58.9 Å². The lowest BCUT2D eigenvalue weighted by Crippen LogP contribution is -2.36. The number of unbranched alkanes of at least 4 members (excludes halogenated alkanes) is 3. The molecule has 1 rings (SSSR count). The Labute approximate surface area is 158 Å². The molecule has 1 atom stereocenters. The molecule has 0 aliphatic carbocycles. The minimum Gasteiger partial charge on any atom is -0.342 e. The lowest BCUT2D eigenvalue weighted by atomic mass is 9.98. The van der Waals surface area contributed by atoms with Crippen LogP contribution in [0.25, 0.3) is 0 Å². The molecule has 0 radical (unpaired) electrons. The van der Waals surface area contributed by atoms with Crippen molar-refractivity contribution < 1.29 is 9.59 Å². The monoisotopic (exact) mass is 361 g/mol. The molecule has 0 saturated heterocycles. The first kappa shape index (κ1) is 22.3. The molecular formula is C21H35N3O2. The summed E-state index contributed by atoms with van der Waals surface area (Å²) in [5.74, 6) is 0.120. The van der Waals surface area contributed by atoms with E-state index in [4.69, 9.17) is 11.5 Å². The zero-order valence-electron chi connectivity index (χ0n) is 16.4. The van der Waals surface area contributed by atoms with Crippen molar-refractivity contribution in [2.24, 2.45) is 17.4 Å². The summed E-state index contributed by atoms with van der Waals surface area (Å²) in [5, 5.41) is 0. The molecule has 146 valence electrons. The lowest BCUT2D eigenvalue weighted by molar-refractivity contribution is -0.131. The van der Waals surface area contributed by atoms with E-state index in [1.165, 1.54) is 0 Å². The number of amides is 1. The molecule has 0 aliphatic heterocycles. The van der Waals surface area contributed by atoms with Crippen molar-refractivity contribution >= 4 is 11.7 Å². The number of carbonyl (C=O) groups is 2. The molecule has 0 fully saturated rings. The van der Waals surface area contributed by atoms with E-state index in [1.54, 1.807) is 11.8 Å². The Morgan fingerprint density at radius 2 is 1.62 bits per heavy atom. The van der Waals surface area contributed by atoms with E-state index >= 15 is 0 Å². The SMILES string of the molecule is CC(=O)N(CCCCCCN)CC(C)C(=O)CCc1ccc(CN)cc1. The van der Waals surface area contributed by atoms with E-state index in [0.717, 1.165) is 56.3 Å². The highest BCUT2D eigenvalue weighted by molar-refractivity contribution is 5.82. The summed E-state index contributed by atoms with van der Waals surface area (Å²) in [6.07, 6.45) is 5.40. The smallest absolute Gasteiger partial charge is 0.219 e. The van der Waals surface area contributed by atoms with Crippen molar-refractivity contribution in [3.63, 3.8) is 0 Å². The van der Waals surface area contributed by atoms with E-state index in [2.05, 4.69) is 0 Å². The summed E-state index contributed by atoms with van der Waals surface area (Å²) in [6, 6.07) is 8.07. The summed E-state index contributed by atoms with van der Waals surface area (Å²) in [7, 11) is 0. The molecule has 4 N–H and O–H groups in total. The number of nitrogens with zero attached hydrogens (tertiary/aromatic N) is 1. The van der Waals surface area contributed by atoms with Gasteiger partial charge in [0.1, 0.15) is 5.78 Å². The molecule has 0 spiro atoms. The number of ketones is 1. The molecule has 26 heavy (non-hydrogen) atoms. The Balaban J connectivity index is 2.40. The minimum atomic E-state index is -0.133. The molecule has 0 aliphatic rings. The molecule has 1 aromatic rings. The maximum atomic E-state index is 12.4. The molecule has 1 amide bonds. The number of nitrogens with two attached hydrogens (primary N) is 2. The first-order valence-electron chi connectivity index (χ1n) is 9.74. The summed E-state index contributed by atoms with van der Waals surface area (Å²) in [5.41, 5.74) is 13.3. The minimum absolute atomic E-state index is 0.0425. The van der Waals surface area contributed by atoms with Crippen LogP contribution in [0.3, 0.4) is 0 Å². The zero-order valence-corrected chi connectivity index (χ0v) is 16.4. The maximum absolute atomic E-state index is 12.4. The van der Waals surface area contributed by atoms with Gasteiger partial charge in [0.2, 0.25) is 5.91 Å². The number of carbonyl (C=O) groups excluding carboxylic acids is 2. The van der Waals surface area contributed by atoms with Crippen LogP contribution in [0.15, 0.2) is 24.3 Å². The Morgan fingerprint density at radius 3 is 2.19 bits per heavy atom. The van der Waals surface area contributed by atoms with Crippen molar-refractivity contribution in [1.29, 1.82) is 0 Å². The fourth-order valence-electron chi connectivity index (χ4n) is 2.97. The number of benzene rings is 1. The van der Waals surface area contributed by atoms with Gasteiger partial charge >= 0.3 is 0 Å². The van der Waals surface area contributed by atoms with Gasteiger partial charge in [-0.25, -0.2) is 0 Å². The van der Waals surface area contributed by atoms with Crippen molar-refractivity contribution in [3.8, 4) is 0 Å². The first-order chi connectivity index (χ1) is 12.5. The van der Waals surface area contributed by atoms with Crippen molar-refractivity contribution in [2.75, 3.05) is 19.6 Å². The van der Waals surface area contributed by atoms with E-state index in [0.29, 0.717) is 19.5 Å². The van der Waals surface area contributed by atoms with E-state index in [1.807, 2.05) is 31.2 Å². The summed E-state index contributed by atoms with van der Waals surface area (Å²) < 4.78 is 0. The average molecular weight is 362 g/mol. The second kappa shape index (κ2) is 12.6. The highest BCUT2D eigenvalue weighted by Crippen LogP contribution is 2.11. The van der Waals surface area contributed by atoms with Gasteiger partial charge in [-0.1, -0.05) is 44.0 Å². The van der Waals surface area contributed by atoms with Crippen LogP contribution in [0.2, 0.25) is 0 Å². The molecule has 5 heteroatoms. The van der Waals surface area contributed by atoms with Crippen LogP contribution in [-0.2, 0) is 22.6 Å². The van der Waals surface area contributed by atoms with Gasteiger partial charge in [0.25, 0.3) is 0 Å². The molecular weight excluding hydrogens is 326 g/mol. The van der Waals surface area contributed by atoms with E-state index < -0.39 is 0 Å². The van der Waals surface area contributed by atoms with Crippen LogP contribution in [-0.4, -0.2) is 36.2 Å². The number of Topliss-reactive ketones (excluding diaryl/α,β-unsaturated/α-hetero) is 1. The van der Waals surface area contributed by atoms with Crippen LogP contribution in [0, 0.1) is 5.92 Å². The van der Waals surface area contributed by atoms with Gasteiger partial charge < -0.3 is 16.4 Å². The highest BCUT2D eigenvalue weighted by atomic mass is 16.2. The Hall–Kier alpha value is -1.72. The maximum Gasteiger partial charge on any atom is 0.219 e. The lowest BCUT2D eigenvalue weighted by Gasteiger charge is -2.24. The molecule has 0 bridgehead atoms. The van der Waals surface area contributed by atoms with Crippen LogP contribution >= 0.6 is 0 Å². The van der Waals surface area contributed by atoms with Gasteiger partial charge in [0.05, 0.1) is 0 Å². The van der Waals surface area contributed by atoms with Crippen LogP contribution < -0.4 is 11.5 Å². The molecule has 0 aromatic heterocycles. The summed E-state index contributed by atoms with van der Waals surface area (Å²) in [6.45, 7) is 5.98. The van der Waals surface area contributed by atoms with Gasteiger partial charge in [-0.05, 0) is 36.9 Å². The normalized spacial score (nSPS) is 12.0. The average Bonchev–Trinajstić information content (AvgIpc) is 2.65. The van der Waals surface area contributed by atoms with Crippen LogP contribution in [0.4, 0.5) is 0 Å². The van der Waals surface area contributed by atoms with E-state index in [9.17, 15) is 9.59 Å². The largest absolute Gasteiger partial charge is 0.342 e. The van der Waals surface area contributed by atoms with Gasteiger partial charge in [0.15, 0.2) is 0 Å². The van der Waals surface area contributed by atoms with Gasteiger partial charge in [0, 0.05) is 38.9 Å². The predicted molar refractivity (Wildman–Crippen MR) is 107 cm³/mol. The van der Waals surface area contributed by atoms with Gasteiger partial charge in [-0.15, -0.1) is 0 Å². The second-order valence-electron chi connectivity index (χ2n) is 7.06. The molecule has 0 heterocycles. The standard InChI is InChI=1S/C21H35N3O2/c1-17(16-24(18(2)25)14-6-4-3-5-13-22)21(26)12-11-19-7-9-20(15-23)10-8-19/h7-10,17H,3-6,11-16,22-23H2,1-2H3. The number of rotatable bonds is 13. The third-order valence-corrected chi connectivity index (χ3v) is 4.79. The summed E-state index contributed by atoms with van der Waals surface area (Å²) in [4.78, 5) is 26.1. The second-order valence-corrected chi connectivity index (χ2v) is 7.06.